The molecule has 0 aliphatic carbocycles. The molecule has 0 spiro atoms. The normalized spacial score (nSPS) is 11.9. The van der Waals surface area contributed by atoms with E-state index in [1.807, 2.05) is 13.0 Å². The maximum atomic E-state index is 12.1. The van der Waals surface area contributed by atoms with Crippen LogP contribution in [-0.4, -0.2) is 21.9 Å². The van der Waals surface area contributed by atoms with Crippen LogP contribution in [0.25, 0.3) is 11.4 Å². The lowest BCUT2D eigenvalue weighted by Crippen LogP contribution is -2.35. The number of amides is 1. The number of nitrogens with zero attached hydrogens (tertiary/aromatic N) is 1. The summed E-state index contributed by atoms with van der Waals surface area (Å²) in [5.74, 6) is -0.343. The topological polar surface area (TPSA) is 74.8 Å². The van der Waals surface area contributed by atoms with E-state index in [1.165, 1.54) is 6.07 Å². The number of hydrogen-bond donors (Lipinski definition) is 2. The van der Waals surface area contributed by atoms with E-state index in [4.69, 9.17) is 0 Å². The van der Waals surface area contributed by atoms with Crippen LogP contribution in [-0.2, 0) is 0 Å². The lowest BCUT2D eigenvalue weighted by atomic mass is 10.1. The summed E-state index contributed by atoms with van der Waals surface area (Å²) in [7, 11) is 0. The van der Waals surface area contributed by atoms with E-state index in [0.29, 0.717) is 11.4 Å². The van der Waals surface area contributed by atoms with Gasteiger partial charge in [-0.3, -0.25) is 14.6 Å². The minimum absolute atomic E-state index is 0.0531. The second kappa shape index (κ2) is 6.83. The van der Waals surface area contributed by atoms with Crippen molar-refractivity contribution in [3.63, 3.8) is 0 Å². The maximum Gasteiger partial charge on any atom is 0.261 e. The van der Waals surface area contributed by atoms with Crippen molar-refractivity contribution in [2.45, 2.75) is 32.7 Å². The Kier molecular flexibility index (Phi) is 4.87. The van der Waals surface area contributed by atoms with Gasteiger partial charge in [0.25, 0.3) is 11.5 Å². The van der Waals surface area contributed by atoms with Gasteiger partial charge in [0.05, 0.1) is 11.4 Å². The highest BCUT2D eigenvalue weighted by molar-refractivity contribution is 5.94. The van der Waals surface area contributed by atoms with E-state index in [-0.39, 0.29) is 17.5 Å². The SMILES string of the molecule is CCC[C@@H](C)NC(=O)c1ccc(-c2ccccn2)[nH]c1=O. The number of nitrogens with one attached hydrogen (secondary N) is 2. The van der Waals surface area contributed by atoms with Crippen molar-refractivity contribution >= 4 is 5.91 Å². The molecule has 110 valence electrons. The first-order chi connectivity index (χ1) is 10.1. The number of aromatic amines is 1. The summed E-state index contributed by atoms with van der Waals surface area (Å²) in [5, 5.41) is 2.82. The Bertz CT molecular complexity index is 665. The zero-order valence-electron chi connectivity index (χ0n) is 12.2. The molecule has 1 atom stereocenters. The number of carbonyl (C=O) groups is 1. The number of rotatable bonds is 5. The van der Waals surface area contributed by atoms with Crippen LogP contribution in [0.4, 0.5) is 0 Å². The van der Waals surface area contributed by atoms with Crippen molar-refractivity contribution in [1.82, 2.24) is 15.3 Å². The van der Waals surface area contributed by atoms with Gasteiger partial charge in [0.1, 0.15) is 5.56 Å². The first kappa shape index (κ1) is 15.0. The number of hydrogen-bond acceptors (Lipinski definition) is 3. The molecule has 2 heterocycles. The molecular formula is C16H19N3O2. The van der Waals surface area contributed by atoms with Crippen LogP contribution in [0.2, 0.25) is 0 Å². The van der Waals surface area contributed by atoms with Gasteiger partial charge >= 0.3 is 0 Å². The minimum Gasteiger partial charge on any atom is -0.349 e. The summed E-state index contributed by atoms with van der Waals surface area (Å²) in [4.78, 5) is 31.0. The molecule has 0 radical (unpaired) electrons. The molecule has 5 heteroatoms. The zero-order valence-corrected chi connectivity index (χ0v) is 12.2. The molecule has 2 N–H and O–H groups in total. The van der Waals surface area contributed by atoms with Crippen LogP contribution in [0, 0.1) is 0 Å². The number of carbonyl (C=O) groups excluding carboxylic acids is 1. The molecule has 0 aliphatic rings. The van der Waals surface area contributed by atoms with Crippen LogP contribution in [0.1, 0.15) is 37.0 Å². The Morgan fingerprint density at radius 2 is 2.14 bits per heavy atom. The maximum absolute atomic E-state index is 12.1. The molecule has 0 unspecified atom stereocenters. The number of H-pyrrole nitrogens is 1. The highest BCUT2D eigenvalue weighted by Crippen LogP contribution is 2.11. The van der Waals surface area contributed by atoms with E-state index >= 15 is 0 Å². The predicted octanol–water partition coefficient (Wildman–Crippen LogP) is 2.36. The van der Waals surface area contributed by atoms with Gasteiger partial charge in [0, 0.05) is 12.2 Å². The Morgan fingerprint density at radius 1 is 1.33 bits per heavy atom. The van der Waals surface area contributed by atoms with Gasteiger partial charge in [0.15, 0.2) is 0 Å². The molecule has 5 nitrogen and oxygen atoms in total. The lowest BCUT2D eigenvalue weighted by Gasteiger charge is -2.12. The molecule has 2 aromatic heterocycles. The number of pyridine rings is 2. The zero-order chi connectivity index (χ0) is 15.2. The first-order valence-corrected chi connectivity index (χ1v) is 7.07. The molecule has 2 aromatic rings. The van der Waals surface area contributed by atoms with Crippen molar-refractivity contribution in [3.05, 3.63) is 52.4 Å². The third kappa shape index (κ3) is 3.78. The Hall–Kier alpha value is -2.43. The minimum atomic E-state index is -0.403. The Morgan fingerprint density at radius 3 is 2.76 bits per heavy atom. The van der Waals surface area contributed by atoms with Gasteiger partial charge in [-0.25, -0.2) is 0 Å². The molecular weight excluding hydrogens is 266 g/mol. The average Bonchev–Trinajstić information content (AvgIpc) is 2.48. The van der Waals surface area contributed by atoms with Crippen LogP contribution in [0.15, 0.2) is 41.3 Å². The molecule has 0 saturated carbocycles. The van der Waals surface area contributed by atoms with Crippen molar-refractivity contribution in [2.24, 2.45) is 0 Å². The van der Waals surface area contributed by atoms with Gasteiger partial charge in [0.2, 0.25) is 0 Å². The smallest absolute Gasteiger partial charge is 0.261 e. The van der Waals surface area contributed by atoms with Gasteiger partial charge < -0.3 is 10.3 Å². The van der Waals surface area contributed by atoms with E-state index in [1.54, 1.807) is 24.4 Å². The van der Waals surface area contributed by atoms with E-state index in [9.17, 15) is 9.59 Å². The summed E-state index contributed by atoms with van der Waals surface area (Å²) < 4.78 is 0. The molecule has 0 saturated heterocycles. The number of aromatic nitrogens is 2. The summed E-state index contributed by atoms with van der Waals surface area (Å²) in [6, 6.07) is 8.73. The average molecular weight is 285 g/mol. The Labute approximate surface area is 123 Å². The molecule has 0 aromatic carbocycles. The van der Waals surface area contributed by atoms with E-state index in [2.05, 4.69) is 22.2 Å². The second-order valence-corrected chi connectivity index (χ2v) is 4.99. The molecule has 21 heavy (non-hydrogen) atoms. The van der Waals surface area contributed by atoms with Crippen LogP contribution >= 0.6 is 0 Å². The quantitative estimate of drug-likeness (QED) is 0.885. The fourth-order valence-electron chi connectivity index (χ4n) is 2.13. The fraction of sp³-hybridized carbons (Fsp3) is 0.312. The third-order valence-electron chi connectivity index (χ3n) is 3.19. The summed E-state index contributed by atoms with van der Waals surface area (Å²) in [5.41, 5.74) is 0.983. The summed E-state index contributed by atoms with van der Waals surface area (Å²) in [6.45, 7) is 3.98. The molecule has 0 aliphatic heterocycles. The van der Waals surface area contributed by atoms with E-state index in [0.717, 1.165) is 12.8 Å². The van der Waals surface area contributed by atoms with Gasteiger partial charge in [-0.2, -0.15) is 0 Å². The third-order valence-corrected chi connectivity index (χ3v) is 3.19. The monoisotopic (exact) mass is 285 g/mol. The standard InChI is InChI=1S/C16H19N3O2/c1-3-6-11(2)18-15(20)12-8-9-14(19-16(12)21)13-7-4-5-10-17-13/h4-5,7-11H,3,6H2,1-2H3,(H,18,20)(H,19,21)/t11-/m1/s1. The van der Waals surface area contributed by atoms with E-state index < -0.39 is 5.56 Å². The summed E-state index contributed by atoms with van der Waals surface area (Å²) >= 11 is 0. The second-order valence-electron chi connectivity index (χ2n) is 4.99. The molecule has 1 amide bonds. The van der Waals surface area contributed by atoms with Crippen molar-refractivity contribution in [3.8, 4) is 11.4 Å². The fourth-order valence-corrected chi connectivity index (χ4v) is 2.13. The molecule has 0 bridgehead atoms. The van der Waals surface area contributed by atoms with Crippen molar-refractivity contribution in [2.75, 3.05) is 0 Å². The van der Waals surface area contributed by atoms with Crippen LogP contribution < -0.4 is 10.9 Å². The largest absolute Gasteiger partial charge is 0.349 e. The van der Waals surface area contributed by atoms with Crippen LogP contribution in [0.3, 0.4) is 0 Å². The predicted molar refractivity (Wildman–Crippen MR) is 82.1 cm³/mol. The van der Waals surface area contributed by atoms with Gasteiger partial charge in [-0.1, -0.05) is 19.4 Å². The highest BCUT2D eigenvalue weighted by atomic mass is 16.2. The van der Waals surface area contributed by atoms with Gasteiger partial charge in [-0.15, -0.1) is 0 Å². The van der Waals surface area contributed by atoms with Crippen molar-refractivity contribution in [1.29, 1.82) is 0 Å². The van der Waals surface area contributed by atoms with Crippen molar-refractivity contribution < 1.29 is 4.79 Å². The highest BCUT2D eigenvalue weighted by Gasteiger charge is 2.13. The lowest BCUT2D eigenvalue weighted by molar-refractivity contribution is 0.0937. The summed E-state index contributed by atoms with van der Waals surface area (Å²) in [6.07, 6.45) is 3.52. The van der Waals surface area contributed by atoms with Crippen LogP contribution in [0.5, 0.6) is 0 Å². The Balaban J connectivity index is 2.20. The molecule has 0 fully saturated rings. The first-order valence-electron chi connectivity index (χ1n) is 7.07. The molecule has 2 rings (SSSR count). The van der Waals surface area contributed by atoms with Gasteiger partial charge in [-0.05, 0) is 37.6 Å².